The molecule has 0 aromatic carbocycles. The molecule has 0 saturated carbocycles. The van der Waals surface area contributed by atoms with Gasteiger partial charge in [0.05, 0.1) is 5.76 Å². The molecule has 1 atom stereocenters. The highest BCUT2D eigenvalue weighted by molar-refractivity contribution is 4.91. The van der Waals surface area contributed by atoms with Crippen LogP contribution in [0.2, 0.25) is 0 Å². The van der Waals surface area contributed by atoms with Crippen molar-refractivity contribution in [3.05, 3.63) is 11.8 Å². The van der Waals surface area contributed by atoms with E-state index in [2.05, 4.69) is 0 Å². The molecule has 7 heavy (non-hydrogen) atoms. The average Bonchev–Trinajstić information content (AvgIpc) is 1.27. The third-order valence-electron chi connectivity index (χ3n) is 0.504. The summed E-state index contributed by atoms with van der Waals surface area (Å²) >= 11 is 0. The Hall–Kier alpha value is -0.500. The second kappa shape index (κ2) is 2.64. The van der Waals surface area contributed by atoms with Gasteiger partial charge in [-0.1, -0.05) is 0 Å². The van der Waals surface area contributed by atoms with E-state index < -0.39 is 0 Å². The molecule has 0 bridgehead atoms. The lowest BCUT2D eigenvalue weighted by Gasteiger charge is -1.93. The van der Waals surface area contributed by atoms with E-state index in [0.717, 1.165) is 0 Å². The van der Waals surface area contributed by atoms with Gasteiger partial charge >= 0.3 is 0 Å². The predicted molar refractivity (Wildman–Crippen MR) is 30.0 cm³/mol. The molecular formula is C5H11NO. The number of hydrogen-bond donors (Lipinski definition) is 2. The normalized spacial score (nSPS) is 16.7. The minimum Gasteiger partial charge on any atom is -0.513 e. The largest absolute Gasteiger partial charge is 0.513 e. The van der Waals surface area contributed by atoms with Crippen molar-refractivity contribution < 1.29 is 5.11 Å². The van der Waals surface area contributed by atoms with E-state index in [9.17, 15) is 0 Å². The van der Waals surface area contributed by atoms with Crippen LogP contribution < -0.4 is 5.73 Å². The van der Waals surface area contributed by atoms with Crippen LogP contribution in [0, 0.1) is 0 Å². The topological polar surface area (TPSA) is 46.2 Å². The zero-order valence-corrected chi connectivity index (χ0v) is 4.68. The molecular weight excluding hydrogens is 90.1 g/mol. The van der Waals surface area contributed by atoms with Gasteiger partial charge in [0.15, 0.2) is 0 Å². The lowest BCUT2D eigenvalue weighted by molar-refractivity contribution is 0.410. The summed E-state index contributed by atoms with van der Waals surface area (Å²) in [4.78, 5) is 0. The van der Waals surface area contributed by atoms with Gasteiger partial charge in [0.25, 0.3) is 0 Å². The zero-order valence-electron chi connectivity index (χ0n) is 4.68. The van der Waals surface area contributed by atoms with Gasteiger partial charge in [0.2, 0.25) is 0 Å². The van der Waals surface area contributed by atoms with Gasteiger partial charge in [0.1, 0.15) is 0 Å². The van der Waals surface area contributed by atoms with Crippen molar-refractivity contribution in [2.24, 2.45) is 5.73 Å². The van der Waals surface area contributed by atoms with Crippen molar-refractivity contribution in [2.45, 2.75) is 19.9 Å². The first kappa shape index (κ1) is 6.50. The number of nitrogens with two attached hydrogens (primary N) is 1. The van der Waals surface area contributed by atoms with Gasteiger partial charge in [-0.05, 0) is 19.9 Å². The molecule has 2 nitrogen and oxygen atoms in total. The van der Waals surface area contributed by atoms with Crippen molar-refractivity contribution in [3.8, 4) is 0 Å². The van der Waals surface area contributed by atoms with Crippen LogP contribution in [0.15, 0.2) is 11.8 Å². The fraction of sp³-hybridized carbons (Fsp3) is 0.600. The van der Waals surface area contributed by atoms with E-state index in [0.29, 0.717) is 0 Å². The Morgan fingerprint density at radius 2 is 2.29 bits per heavy atom. The van der Waals surface area contributed by atoms with Crippen LogP contribution >= 0.6 is 0 Å². The fourth-order valence-corrected chi connectivity index (χ4v) is 0.380. The zero-order chi connectivity index (χ0) is 5.86. The van der Waals surface area contributed by atoms with Crippen LogP contribution in [0.25, 0.3) is 0 Å². The van der Waals surface area contributed by atoms with Crippen molar-refractivity contribution in [3.63, 3.8) is 0 Å². The van der Waals surface area contributed by atoms with Crippen molar-refractivity contribution >= 4 is 0 Å². The van der Waals surface area contributed by atoms with E-state index in [1.807, 2.05) is 0 Å². The predicted octanol–water partition coefficient (Wildman–Crippen LogP) is 0.795. The monoisotopic (exact) mass is 101 g/mol. The quantitative estimate of drug-likeness (QED) is 0.480. The van der Waals surface area contributed by atoms with E-state index in [1.54, 1.807) is 19.9 Å². The molecule has 0 amide bonds. The Morgan fingerprint density at radius 3 is 2.29 bits per heavy atom. The standard InChI is InChI=1S/C5H11NO/c1-4(6)3-5(2)7/h3-4,7H,6H2,1-2H3/b5-3-. The third kappa shape index (κ3) is 5.50. The van der Waals surface area contributed by atoms with Crippen LogP contribution in [0.1, 0.15) is 13.8 Å². The molecule has 1 unspecified atom stereocenters. The summed E-state index contributed by atoms with van der Waals surface area (Å²) in [6.45, 7) is 3.41. The first-order valence-electron chi connectivity index (χ1n) is 2.26. The Morgan fingerprint density at radius 1 is 1.86 bits per heavy atom. The number of rotatable bonds is 1. The summed E-state index contributed by atoms with van der Waals surface area (Å²) in [6, 6.07) is -0.0370. The molecule has 0 spiro atoms. The molecule has 0 aliphatic carbocycles. The molecule has 42 valence electrons. The van der Waals surface area contributed by atoms with Crippen LogP contribution in [-0.4, -0.2) is 11.1 Å². The average molecular weight is 101 g/mol. The number of hydrogen-bond acceptors (Lipinski definition) is 2. The molecule has 3 N–H and O–H groups in total. The number of allylic oxidation sites excluding steroid dienone is 1. The highest BCUT2D eigenvalue weighted by Crippen LogP contribution is 1.85. The van der Waals surface area contributed by atoms with E-state index in [4.69, 9.17) is 10.8 Å². The highest BCUT2D eigenvalue weighted by atomic mass is 16.3. The lowest BCUT2D eigenvalue weighted by atomic mass is 10.3. The maximum absolute atomic E-state index is 8.50. The van der Waals surface area contributed by atoms with Crippen LogP contribution in [0.5, 0.6) is 0 Å². The second-order valence-electron chi connectivity index (χ2n) is 1.67. The van der Waals surface area contributed by atoms with E-state index in [1.165, 1.54) is 0 Å². The van der Waals surface area contributed by atoms with E-state index in [-0.39, 0.29) is 11.8 Å². The maximum Gasteiger partial charge on any atom is 0.0867 e. The molecule has 0 heterocycles. The van der Waals surface area contributed by atoms with Gasteiger partial charge in [-0.3, -0.25) is 0 Å². The summed E-state index contributed by atoms with van der Waals surface area (Å²) in [6.07, 6.45) is 1.58. The van der Waals surface area contributed by atoms with Crippen molar-refractivity contribution in [1.82, 2.24) is 0 Å². The van der Waals surface area contributed by atoms with Crippen LogP contribution in [0.3, 0.4) is 0 Å². The Balaban J connectivity index is 3.45. The first-order chi connectivity index (χ1) is 3.13. The number of aliphatic hydroxyl groups excluding tert-OH is 1. The Labute approximate surface area is 43.6 Å². The molecule has 0 aromatic heterocycles. The molecule has 0 rings (SSSR count). The van der Waals surface area contributed by atoms with Gasteiger partial charge in [0, 0.05) is 6.04 Å². The molecule has 0 saturated heterocycles. The van der Waals surface area contributed by atoms with Gasteiger partial charge in [-0.15, -0.1) is 0 Å². The van der Waals surface area contributed by atoms with Crippen LogP contribution in [0.4, 0.5) is 0 Å². The SMILES string of the molecule is C/C(O)=C/C(C)N. The van der Waals surface area contributed by atoms with Crippen molar-refractivity contribution in [1.29, 1.82) is 0 Å². The third-order valence-corrected chi connectivity index (χ3v) is 0.504. The highest BCUT2D eigenvalue weighted by Gasteiger charge is 1.84. The lowest BCUT2D eigenvalue weighted by Crippen LogP contribution is -2.10. The molecule has 0 aromatic rings. The summed E-state index contributed by atoms with van der Waals surface area (Å²) < 4.78 is 0. The van der Waals surface area contributed by atoms with E-state index >= 15 is 0 Å². The smallest absolute Gasteiger partial charge is 0.0867 e. The summed E-state index contributed by atoms with van der Waals surface area (Å²) in [5.74, 6) is 0.287. The molecule has 0 aliphatic rings. The number of aliphatic hydroxyl groups is 1. The Bertz CT molecular complexity index is 72.1. The summed E-state index contributed by atoms with van der Waals surface area (Å²) in [7, 11) is 0. The Kier molecular flexibility index (Phi) is 2.45. The molecule has 0 aliphatic heterocycles. The second-order valence-corrected chi connectivity index (χ2v) is 1.67. The molecule has 2 heteroatoms. The minimum atomic E-state index is -0.0370. The van der Waals surface area contributed by atoms with Crippen LogP contribution in [-0.2, 0) is 0 Å². The van der Waals surface area contributed by atoms with Crippen molar-refractivity contribution in [2.75, 3.05) is 0 Å². The molecule has 0 fully saturated rings. The fourth-order valence-electron chi connectivity index (χ4n) is 0.380. The molecule has 0 radical (unpaired) electrons. The minimum absolute atomic E-state index is 0.0370. The summed E-state index contributed by atoms with van der Waals surface area (Å²) in [5.41, 5.74) is 5.26. The van der Waals surface area contributed by atoms with Gasteiger partial charge in [-0.25, -0.2) is 0 Å². The summed E-state index contributed by atoms with van der Waals surface area (Å²) in [5, 5.41) is 8.50. The maximum atomic E-state index is 8.50. The van der Waals surface area contributed by atoms with Gasteiger partial charge < -0.3 is 10.8 Å². The van der Waals surface area contributed by atoms with Gasteiger partial charge in [-0.2, -0.15) is 0 Å². The first-order valence-corrected chi connectivity index (χ1v) is 2.26.